The van der Waals surface area contributed by atoms with Crippen LogP contribution in [0.25, 0.3) is 0 Å². The second-order valence-corrected chi connectivity index (χ2v) is 5.63. The minimum absolute atomic E-state index is 0.109. The first-order valence-corrected chi connectivity index (χ1v) is 7.09. The zero-order valence-electron chi connectivity index (χ0n) is 12.1. The van der Waals surface area contributed by atoms with E-state index < -0.39 is 0 Å². The summed E-state index contributed by atoms with van der Waals surface area (Å²) < 4.78 is 5.94. The lowest BCUT2D eigenvalue weighted by Gasteiger charge is -2.15. The van der Waals surface area contributed by atoms with Crippen molar-refractivity contribution in [3.63, 3.8) is 0 Å². The summed E-state index contributed by atoms with van der Waals surface area (Å²) in [4.78, 5) is 0. The number of aryl methyl sites for hydroxylation is 2. The molecule has 0 saturated heterocycles. The Morgan fingerprint density at radius 1 is 1.15 bits per heavy atom. The number of hydrogen-bond donors (Lipinski definition) is 1. The van der Waals surface area contributed by atoms with E-state index in [-0.39, 0.29) is 6.04 Å². The van der Waals surface area contributed by atoms with Crippen LogP contribution in [0.3, 0.4) is 0 Å². The Labute approximate surface area is 125 Å². The predicted molar refractivity (Wildman–Crippen MR) is 84.3 cm³/mol. The molecule has 2 aromatic carbocycles. The summed E-state index contributed by atoms with van der Waals surface area (Å²) in [5, 5.41) is 0.677. The maximum Gasteiger partial charge on any atom is 0.124 e. The van der Waals surface area contributed by atoms with Gasteiger partial charge < -0.3 is 10.5 Å². The van der Waals surface area contributed by atoms with Gasteiger partial charge >= 0.3 is 0 Å². The van der Waals surface area contributed by atoms with Gasteiger partial charge in [-0.05, 0) is 50.1 Å². The molecule has 2 aromatic rings. The molecule has 0 radical (unpaired) electrons. The van der Waals surface area contributed by atoms with Crippen molar-refractivity contribution in [1.82, 2.24) is 0 Å². The van der Waals surface area contributed by atoms with Gasteiger partial charge in [0.05, 0.1) is 0 Å². The SMILES string of the molecule is Cc1ccc(C)c(COc2ccc(Cl)cc2[C@@H](C)N)c1. The molecule has 0 aliphatic heterocycles. The maximum absolute atomic E-state index is 6.01. The molecule has 3 heteroatoms. The molecule has 0 aromatic heterocycles. The summed E-state index contributed by atoms with van der Waals surface area (Å²) in [6, 6.07) is 11.8. The van der Waals surface area contributed by atoms with Crippen LogP contribution in [0.5, 0.6) is 5.75 Å². The summed E-state index contributed by atoms with van der Waals surface area (Å²) in [5.41, 5.74) is 10.6. The van der Waals surface area contributed by atoms with Crippen LogP contribution < -0.4 is 10.5 Å². The molecule has 2 N–H and O–H groups in total. The Morgan fingerprint density at radius 2 is 1.90 bits per heavy atom. The van der Waals surface area contributed by atoms with Crippen molar-refractivity contribution >= 4 is 11.6 Å². The molecule has 106 valence electrons. The lowest BCUT2D eigenvalue weighted by atomic mass is 10.1. The van der Waals surface area contributed by atoms with Crippen LogP contribution >= 0.6 is 11.6 Å². The van der Waals surface area contributed by atoms with E-state index in [1.165, 1.54) is 16.7 Å². The number of hydrogen-bond acceptors (Lipinski definition) is 2. The summed E-state index contributed by atoms with van der Waals surface area (Å²) in [6.45, 7) is 6.64. The van der Waals surface area contributed by atoms with E-state index in [1.807, 2.05) is 25.1 Å². The van der Waals surface area contributed by atoms with Crippen molar-refractivity contribution in [3.8, 4) is 5.75 Å². The van der Waals surface area contributed by atoms with Gasteiger partial charge in [0.15, 0.2) is 0 Å². The summed E-state index contributed by atoms with van der Waals surface area (Å²) in [6.07, 6.45) is 0. The van der Waals surface area contributed by atoms with Gasteiger partial charge in [-0.3, -0.25) is 0 Å². The fourth-order valence-electron chi connectivity index (χ4n) is 2.12. The molecule has 0 unspecified atom stereocenters. The van der Waals surface area contributed by atoms with E-state index in [1.54, 1.807) is 0 Å². The molecule has 20 heavy (non-hydrogen) atoms. The van der Waals surface area contributed by atoms with Crippen LogP contribution in [0, 0.1) is 13.8 Å². The molecule has 1 atom stereocenters. The summed E-state index contributed by atoms with van der Waals surface area (Å²) in [5.74, 6) is 0.797. The Kier molecular flexibility index (Phi) is 4.69. The van der Waals surface area contributed by atoms with Gasteiger partial charge in [0, 0.05) is 16.6 Å². The molecule has 0 saturated carbocycles. The van der Waals surface area contributed by atoms with E-state index in [2.05, 4.69) is 32.0 Å². The molecule has 0 heterocycles. The predicted octanol–water partition coefficient (Wildman–Crippen LogP) is 4.56. The van der Waals surface area contributed by atoms with Crippen molar-refractivity contribution in [2.75, 3.05) is 0 Å². The lowest BCUT2D eigenvalue weighted by Crippen LogP contribution is -2.08. The Hall–Kier alpha value is -1.51. The first-order valence-electron chi connectivity index (χ1n) is 6.71. The molecule has 2 rings (SSSR count). The van der Waals surface area contributed by atoms with E-state index >= 15 is 0 Å². The molecule has 0 aliphatic rings. The minimum Gasteiger partial charge on any atom is -0.489 e. The second kappa shape index (κ2) is 6.29. The summed E-state index contributed by atoms with van der Waals surface area (Å²) in [7, 11) is 0. The summed E-state index contributed by atoms with van der Waals surface area (Å²) >= 11 is 6.01. The average molecular weight is 290 g/mol. The highest BCUT2D eigenvalue weighted by Crippen LogP contribution is 2.28. The number of rotatable bonds is 4. The fraction of sp³-hybridized carbons (Fsp3) is 0.294. The molecule has 0 spiro atoms. The quantitative estimate of drug-likeness (QED) is 0.896. The largest absolute Gasteiger partial charge is 0.489 e. The van der Waals surface area contributed by atoms with Crippen molar-refractivity contribution in [3.05, 3.63) is 63.7 Å². The van der Waals surface area contributed by atoms with Gasteiger partial charge in [0.2, 0.25) is 0 Å². The molecule has 0 aliphatic carbocycles. The number of nitrogens with two attached hydrogens (primary N) is 1. The normalized spacial score (nSPS) is 12.2. The van der Waals surface area contributed by atoms with Gasteiger partial charge in [-0.25, -0.2) is 0 Å². The monoisotopic (exact) mass is 289 g/mol. The van der Waals surface area contributed by atoms with Crippen LogP contribution in [0.2, 0.25) is 5.02 Å². The molecule has 0 amide bonds. The third-order valence-electron chi connectivity index (χ3n) is 3.35. The van der Waals surface area contributed by atoms with E-state index in [9.17, 15) is 0 Å². The molecule has 2 nitrogen and oxygen atoms in total. The van der Waals surface area contributed by atoms with Gasteiger partial charge in [0.1, 0.15) is 12.4 Å². The second-order valence-electron chi connectivity index (χ2n) is 5.19. The third-order valence-corrected chi connectivity index (χ3v) is 3.59. The zero-order chi connectivity index (χ0) is 14.7. The highest BCUT2D eigenvalue weighted by molar-refractivity contribution is 6.30. The lowest BCUT2D eigenvalue weighted by molar-refractivity contribution is 0.300. The van der Waals surface area contributed by atoms with E-state index in [4.69, 9.17) is 22.1 Å². The molecule has 0 fully saturated rings. The smallest absolute Gasteiger partial charge is 0.124 e. The van der Waals surface area contributed by atoms with Gasteiger partial charge in [-0.2, -0.15) is 0 Å². The minimum atomic E-state index is -0.109. The van der Waals surface area contributed by atoms with Crippen LogP contribution in [0.15, 0.2) is 36.4 Å². The Balaban J connectivity index is 2.20. The topological polar surface area (TPSA) is 35.2 Å². The first-order chi connectivity index (χ1) is 9.47. The van der Waals surface area contributed by atoms with Crippen LogP contribution in [-0.4, -0.2) is 0 Å². The maximum atomic E-state index is 6.01. The number of benzene rings is 2. The highest BCUT2D eigenvalue weighted by Gasteiger charge is 2.10. The Bertz CT molecular complexity index is 608. The van der Waals surface area contributed by atoms with Crippen LogP contribution in [0.4, 0.5) is 0 Å². The standard InChI is InChI=1S/C17H20ClNO/c1-11-4-5-12(2)14(8-11)10-20-17-7-6-15(18)9-16(17)13(3)19/h4-9,13H,10,19H2,1-3H3/t13-/m1/s1. The molecule has 0 bridgehead atoms. The molecular formula is C17H20ClNO. The van der Waals surface area contributed by atoms with E-state index in [0.717, 1.165) is 11.3 Å². The number of halogens is 1. The van der Waals surface area contributed by atoms with E-state index in [0.29, 0.717) is 11.6 Å². The van der Waals surface area contributed by atoms with Gasteiger partial charge in [0.25, 0.3) is 0 Å². The van der Waals surface area contributed by atoms with Crippen LogP contribution in [0.1, 0.15) is 35.2 Å². The van der Waals surface area contributed by atoms with Gasteiger partial charge in [-0.15, -0.1) is 0 Å². The first kappa shape index (κ1) is 14.9. The van der Waals surface area contributed by atoms with Crippen molar-refractivity contribution < 1.29 is 4.74 Å². The zero-order valence-corrected chi connectivity index (χ0v) is 12.9. The Morgan fingerprint density at radius 3 is 2.60 bits per heavy atom. The van der Waals surface area contributed by atoms with Crippen molar-refractivity contribution in [2.45, 2.75) is 33.4 Å². The average Bonchev–Trinajstić information content (AvgIpc) is 2.40. The fourth-order valence-corrected chi connectivity index (χ4v) is 2.30. The van der Waals surface area contributed by atoms with Crippen LogP contribution in [-0.2, 0) is 6.61 Å². The number of ether oxygens (including phenoxy) is 1. The highest BCUT2D eigenvalue weighted by atomic mass is 35.5. The third kappa shape index (κ3) is 3.53. The van der Waals surface area contributed by atoms with Crippen molar-refractivity contribution in [2.24, 2.45) is 5.73 Å². The van der Waals surface area contributed by atoms with Crippen molar-refractivity contribution in [1.29, 1.82) is 0 Å². The van der Waals surface area contributed by atoms with Gasteiger partial charge in [-0.1, -0.05) is 35.4 Å². The molecular weight excluding hydrogens is 270 g/mol.